The lowest BCUT2D eigenvalue weighted by atomic mass is 9.97. The quantitative estimate of drug-likeness (QED) is 0.783. The molecular formula is C17H21FN4O3S2. The summed E-state index contributed by atoms with van der Waals surface area (Å²) in [7, 11) is -3.49. The Hall–Kier alpha value is -1.91. The zero-order valence-electron chi connectivity index (χ0n) is 14.9. The molecule has 27 heavy (non-hydrogen) atoms. The Morgan fingerprint density at radius 2 is 1.96 bits per heavy atom. The van der Waals surface area contributed by atoms with E-state index in [2.05, 4.69) is 14.3 Å². The van der Waals surface area contributed by atoms with E-state index in [4.69, 9.17) is 0 Å². The molecule has 1 aliphatic heterocycles. The Kier molecular flexibility index (Phi) is 6.18. The van der Waals surface area contributed by atoms with Crippen LogP contribution in [0.3, 0.4) is 0 Å². The molecular weight excluding hydrogens is 391 g/mol. The summed E-state index contributed by atoms with van der Waals surface area (Å²) in [4.78, 5) is 14.8. The Labute approximate surface area is 161 Å². The van der Waals surface area contributed by atoms with Gasteiger partial charge >= 0.3 is 0 Å². The van der Waals surface area contributed by atoms with Gasteiger partial charge in [-0.2, -0.15) is 0 Å². The maximum atomic E-state index is 12.9. The lowest BCUT2D eigenvalue weighted by molar-refractivity contribution is 0.0696. The number of carbonyl (C=O) groups excluding carboxylic acids is 1. The monoisotopic (exact) mass is 412 g/mol. The van der Waals surface area contributed by atoms with Crippen LogP contribution in [0, 0.1) is 18.7 Å². The Bertz CT molecular complexity index is 891. The van der Waals surface area contributed by atoms with Crippen LogP contribution in [0.1, 0.15) is 33.8 Å². The minimum atomic E-state index is -3.49. The van der Waals surface area contributed by atoms with E-state index < -0.39 is 15.8 Å². The van der Waals surface area contributed by atoms with Crippen molar-refractivity contribution < 1.29 is 17.6 Å². The molecule has 1 saturated heterocycles. The standard InChI is InChI=1S/C17H21FN4O3S2/c1-12-16(26-21-20-12)17(23)22-8-6-13(7-9-22)10-19-27(24,25)11-14-2-4-15(18)5-3-14/h2-5,13,19H,6-11H2,1H3. The van der Waals surface area contributed by atoms with Crippen LogP contribution in [0.5, 0.6) is 0 Å². The van der Waals surface area contributed by atoms with Gasteiger partial charge in [-0.05, 0) is 54.9 Å². The third-order valence-electron chi connectivity index (χ3n) is 4.61. The van der Waals surface area contributed by atoms with E-state index in [-0.39, 0.29) is 17.6 Å². The van der Waals surface area contributed by atoms with Crippen molar-refractivity contribution in [2.75, 3.05) is 19.6 Å². The highest BCUT2D eigenvalue weighted by atomic mass is 32.2. The van der Waals surface area contributed by atoms with Crippen LogP contribution >= 0.6 is 11.5 Å². The molecule has 2 aromatic rings. The third-order valence-corrected chi connectivity index (χ3v) is 6.75. The van der Waals surface area contributed by atoms with Crippen LogP contribution in [0.2, 0.25) is 0 Å². The molecule has 3 rings (SSSR count). The zero-order chi connectivity index (χ0) is 19.4. The summed E-state index contributed by atoms with van der Waals surface area (Å²) in [6.07, 6.45) is 1.46. The number of nitrogens with one attached hydrogen (secondary N) is 1. The zero-order valence-corrected chi connectivity index (χ0v) is 16.5. The number of nitrogens with zero attached hydrogens (tertiary/aromatic N) is 3. The van der Waals surface area contributed by atoms with Crippen molar-refractivity contribution in [3.05, 3.63) is 46.2 Å². The van der Waals surface area contributed by atoms with E-state index in [1.807, 2.05) is 0 Å². The fourth-order valence-electron chi connectivity index (χ4n) is 3.01. The first-order valence-electron chi connectivity index (χ1n) is 8.64. The highest BCUT2D eigenvalue weighted by molar-refractivity contribution is 7.88. The Balaban J connectivity index is 1.47. The minimum absolute atomic E-state index is 0.0576. The molecule has 0 bridgehead atoms. The van der Waals surface area contributed by atoms with E-state index >= 15 is 0 Å². The summed E-state index contributed by atoms with van der Waals surface area (Å²) in [5.41, 5.74) is 1.18. The second-order valence-electron chi connectivity index (χ2n) is 6.66. The SMILES string of the molecule is Cc1nnsc1C(=O)N1CCC(CNS(=O)(=O)Cc2ccc(F)cc2)CC1. The van der Waals surface area contributed by atoms with Gasteiger partial charge in [-0.25, -0.2) is 17.5 Å². The van der Waals surface area contributed by atoms with Crippen molar-refractivity contribution in [2.45, 2.75) is 25.5 Å². The predicted octanol–water partition coefficient (Wildman–Crippen LogP) is 1.96. The summed E-state index contributed by atoms with van der Waals surface area (Å²) in [6.45, 7) is 3.27. The summed E-state index contributed by atoms with van der Waals surface area (Å²) < 4.78 is 43.8. The number of sulfonamides is 1. The first-order valence-corrected chi connectivity index (χ1v) is 11.1. The molecule has 1 aliphatic rings. The number of aromatic nitrogens is 2. The maximum absolute atomic E-state index is 12.9. The summed E-state index contributed by atoms with van der Waals surface area (Å²) in [5.74, 6) is -0.451. The molecule has 0 aliphatic carbocycles. The number of piperidine rings is 1. The van der Waals surface area contributed by atoms with Gasteiger partial charge < -0.3 is 4.90 Å². The fraction of sp³-hybridized carbons (Fsp3) is 0.471. The van der Waals surface area contributed by atoms with E-state index in [1.54, 1.807) is 11.8 Å². The van der Waals surface area contributed by atoms with Crippen molar-refractivity contribution in [3.8, 4) is 0 Å². The molecule has 0 atom stereocenters. The van der Waals surface area contributed by atoms with Gasteiger partial charge in [-0.1, -0.05) is 16.6 Å². The van der Waals surface area contributed by atoms with Crippen molar-refractivity contribution in [1.29, 1.82) is 0 Å². The van der Waals surface area contributed by atoms with Gasteiger partial charge in [0.1, 0.15) is 10.7 Å². The van der Waals surface area contributed by atoms with Gasteiger partial charge in [0.2, 0.25) is 10.0 Å². The van der Waals surface area contributed by atoms with Gasteiger partial charge in [0.25, 0.3) is 5.91 Å². The molecule has 2 heterocycles. The normalized spacial score (nSPS) is 15.9. The van der Waals surface area contributed by atoms with Crippen molar-refractivity contribution in [3.63, 3.8) is 0 Å². The van der Waals surface area contributed by atoms with Crippen molar-refractivity contribution in [2.24, 2.45) is 5.92 Å². The first-order chi connectivity index (χ1) is 12.8. The number of likely N-dealkylation sites (tertiary alicyclic amines) is 1. The molecule has 7 nitrogen and oxygen atoms in total. The molecule has 10 heteroatoms. The second-order valence-corrected chi connectivity index (χ2v) is 9.22. The number of amides is 1. The molecule has 0 spiro atoms. The van der Waals surface area contributed by atoms with Crippen LogP contribution in [0.15, 0.2) is 24.3 Å². The predicted molar refractivity (Wildman–Crippen MR) is 100 cm³/mol. The first kappa shape index (κ1) is 19.8. The number of carbonyl (C=O) groups is 1. The highest BCUT2D eigenvalue weighted by Crippen LogP contribution is 2.21. The molecule has 1 fully saturated rings. The van der Waals surface area contributed by atoms with E-state index in [0.717, 1.165) is 24.4 Å². The molecule has 0 saturated carbocycles. The Morgan fingerprint density at radius 1 is 1.30 bits per heavy atom. The third kappa shape index (κ3) is 5.30. The molecule has 1 N–H and O–H groups in total. The second kappa shape index (κ2) is 8.41. The molecule has 146 valence electrons. The van der Waals surface area contributed by atoms with Gasteiger partial charge in [0, 0.05) is 19.6 Å². The minimum Gasteiger partial charge on any atom is -0.338 e. The van der Waals surface area contributed by atoms with Crippen molar-refractivity contribution in [1.82, 2.24) is 19.2 Å². The average molecular weight is 413 g/mol. The van der Waals surface area contributed by atoms with Gasteiger partial charge in [0.05, 0.1) is 11.4 Å². The molecule has 1 amide bonds. The van der Waals surface area contributed by atoms with E-state index in [1.165, 1.54) is 24.3 Å². The van der Waals surface area contributed by atoms with Crippen LogP contribution in [-0.4, -0.2) is 48.4 Å². The average Bonchev–Trinajstić information content (AvgIpc) is 3.08. The van der Waals surface area contributed by atoms with Gasteiger partial charge in [0.15, 0.2) is 0 Å². The smallest absolute Gasteiger partial charge is 0.267 e. The number of rotatable bonds is 6. The van der Waals surface area contributed by atoms with Crippen LogP contribution in [0.25, 0.3) is 0 Å². The lowest BCUT2D eigenvalue weighted by Gasteiger charge is -2.31. The highest BCUT2D eigenvalue weighted by Gasteiger charge is 2.26. The topological polar surface area (TPSA) is 92.3 Å². The van der Waals surface area contributed by atoms with E-state index in [0.29, 0.717) is 35.8 Å². The molecule has 0 unspecified atom stereocenters. The number of halogens is 1. The molecule has 0 radical (unpaired) electrons. The summed E-state index contributed by atoms with van der Waals surface area (Å²) in [5, 5.41) is 3.87. The van der Waals surface area contributed by atoms with Crippen molar-refractivity contribution >= 4 is 27.5 Å². The van der Waals surface area contributed by atoms with Gasteiger partial charge in [-0.15, -0.1) is 5.10 Å². The van der Waals surface area contributed by atoms with Crippen LogP contribution in [-0.2, 0) is 15.8 Å². The largest absolute Gasteiger partial charge is 0.338 e. The van der Waals surface area contributed by atoms with E-state index in [9.17, 15) is 17.6 Å². The van der Waals surface area contributed by atoms with Gasteiger partial charge in [-0.3, -0.25) is 4.79 Å². The molecule has 1 aromatic heterocycles. The molecule has 1 aromatic carbocycles. The lowest BCUT2D eigenvalue weighted by Crippen LogP contribution is -2.41. The van der Waals surface area contributed by atoms with Crippen LogP contribution < -0.4 is 4.72 Å². The number of hydrogen-bond donors (Lipinski definition) is 1. The number of benzene rings is 1. The van der Waals surface area contributed by atoms with Crippen LogP contribution in [0.4, 0.5) is 4.39 Å². The number of aryl methyl sites for hydroxylation is 1. The summed E-state index contributed by atoms with van der Waals surface area (Å²) >= 11 is 1.10. The maximum Gasteiger partial charge on any atom is 0.267 e. The fourth-order valence-corrected chi connectivity index (χ4v) is 4.86. The Morgan fingerprint density at radius 3 is 2.56 bits per heavy atom. The number of hydrogen-bond acceptors (Lipinski definition) is 6. The summed E-state index contributed by atoms with van der Waals surface area (Å²) in [6, 6.07) is 5.43.